The topological polar surface area (TPSA) is 88.0 Å². The van der Waals surface area contributed by atoms with Crippen molar-refractivity contribution >= 4 is 23.1 Å². The summed E-state index contributed by atoms with van der Waals surface area (Å²) in [5.74, 6) is -0.556. The molecule has 0 aliphatic carbocycles. The minimum atomic E-state index is -1.08. The molecule has 0 unspecified atom stereocenters. The van der Waals surface area contributed by atoms with Crippen LogP contribution in [0.2, 0.25) is 0 Å². The monoisotopic (exact) mass is 236 g/mol. The number of hydrogen-bond donors (Lipinski definition) is 2. The van der Waals surface area contributed by atoms with E-state index in [1.54, 1.807) is 6.20 Å². The highest BCUT2D eigenvalue weighted by atomic mass is 32.1. The molecule has 0 spiro atoms. The van der Waals surface area contributed by atoms with Crippen molar-refractivity contribution in [2.75, 3.05) is 5.32 Å². The molecule has 2 aromatic heterocycles. The molecule has 0 amide bonds. The van der Waals surface area contributed by atoms with Crippen molar-refractivity contribution in [3.8, 4) is 0 Å². The van der Waals surface area contributed by atoms with Gasteiger partial charge in [-0.1, -0.05) is 0 Å². The SMILES string of the molecule is O=C(O)c1cnc(NCc2nccs2)cn1. The largest absolute Gasteiger partial charge is 0.476 e. The minimum absolute atomic E-state index is 0.0696. The lowest BCUT2D eigenvalue weighted by atomic mass is 10.4. The predicted molar refractivity (Wildman–Crippen MR) is 58.4 cm³/mol. The Labute approximate surface area is 95.0 Å². The van der Waals surface area contributed by atoms with E-state index in [0.29, 0.717) is 12.4 Å². The molecule has 16 heavy (non-hydrogen) atoms. The molecule has 0 saturated carbocycles. The van der Waals surface area contributed by atoms with E-state index in [1.165, 1.54) is 23.7 Å². The van der Waals surface area contributed by atoms with Gasteiger partial charge in [0.15, 0.2) is 5.69 Å². The maximum absolute atomic E-state index is 10.5. The molecule has 0 saturated heterocycles. The Balaban J connectivity index is 1.98. The van der Waals surface area contributed by atoms with Crippen molar-refractivity contribution in [3.05, 3.63) is 34.7 Å². The third-order valence-electron chi connectivity index (χ3n) is 1.78. The first-order valence-corrected chi connectivity index (χ1v) is 5.31. The van der Waals surface area contributed by atoms with Crippen molar-refractivity contribution in [2.45, 2.75) is 6.54 Å². The summed E-state index contributed by atoms with van der Waals surface area (Å²) in [6, 6.07) is 0. The van der Waals surface area contributed by atoms with Crippen molar-refractivity contribution in [2.24, 2.45) is 0 Å². The number of anilines is 1. The summed E-state index contributed by atoms with van der Waals surface area (Å²) in [5, 5.41) is 14.4. The van der Waals surface area contributed by atoms with E-state index in [1.807, 2.05) is 5.38 Å². The molecule has 2 N–H and O–H groups in total. The second-order valence-electron chi connectivity index (χ2n) is 2.87. The van der Waals surface area contributed by atoms with Crippen molar-refractivity contribution in [3.63, 3.8) is 0 Å². The third kappa shape index (κ3) is 2.51. The van der Waals surface area contributed by atoms with E-state index in [2.05, 4.69) is 20.3 Å². The van der Waals surface area contributed by atoms with Crippen LogP contribution in [0.15, 0.2) is 24.0 Å². The summed E-state index contributed by atoms with van der Waals surface area (Å²) in [7, 11) is 0. The first kappa shape index (κ1) is 10.5. The number of aromatic carboxylic acids is 1. The normalized spacial score (nSPS) is 10.0. The first-order valence-electron chi connectivity index (χ1n) is 4.43. The van der Waals surface area contributed by atoms with Crippen LogP contribution in [-0.2, 0) is 6.54 Å². The smallest absolute Gasteiger partial charge is 0.356 e. The zero-order chi connectivity index (χ0) is 11.4. The van der Waals surface area contributed by atoms with Gasteiger partial charge in [0.05, 0.1) is 18.9 Å². The van der Waals surface area contributed by atoms with Gasteiger partial charge in [0, 0.05) is 11.6 Å². The highest BCUT2D eigenvalue weighted by Crippen LogP contribution is 2.07. The van der Waals surface area contributed by atoms with E-state index in [9.17, 15) is 4.79 Å². The number of aromatic nitrogens is 3. The average molecular weight is 236 g/mol. The van der Waals surface area contributed by atoms with Crippen LogP contribution in [0.3, 0.4) is 0 Å². The lowest BCUT2D eigenvalue weighted by Gasteiger charge is -2.02. The molecule has 0 aliphatic rings. The van der Waals surface area contributed by atoms with Crippen LogP contribution in [0, 0.1) is 0 Å². The van der Waals surface area contributed by atoms with Gasteiger partial charge in [0.25, 0.3) is 0 Å². The average Bonchev–Trinajstić information content (AvgIpc) is 2.80. The third-order valence-corrected chi connectivity index (χ3v) is 2.55. The quantitative estimate of drug-likeness (QED) is 0.830. The number of carboxylic acids is 1. The van der Waals surface area contributed by atoms with Crippen LogP contribution >= 0.6 is 11.3 Å². The van der Waals surface area contributed by atoms with Gasteiger partial charge in [-0.05, 0) is 0 Å². The molecule has 0 aromatic carbocycles. The minimum Gasteiger partial charge on any atom is -0.476 e. The predicted octanol–water partition coefficient (Wildman–Crippen LogP) is 1.24. The van der Waals surface area contributed by atoms with E-state index < -0.39 is 5.97 Å². The number of carbonyl (C=O) groups is 1. The van der Waals surface area contributed by atoms with Crippen molar-refractivity contribution < 1.29 is 9.90 Å². The van der Waals surface area contributed by atoms with Gasteiger partial charge in [-0.3, -0.25) is 0 Å². The second kappa shape index (κ2) is 4.67. The Bertz CT molecular complexity index is 469. The molecule has 7 heteroatoms. The number of nitrogens with zero attached hydrogens (tertiary/aromatic N) is 3. The van der Waals surface area contributed by atoms with E-state index in [4.69, 9.17) is 5.11 Å². The van der Waals surface area contributed by atoms with Crippen LogP contribution in [0.5, 0.6) is 0 Å². The highest BCUT2D eigenvalue weighted by molar-refractivity contribution is 7.09. The Kier molecular flexibility index (Phi) is 3.06. The zero-order valence-corrected chi connectivity index (χ0v) is 8.94. The van der Waals surface area contributed by atoms with Crippen LogP contribution < -0.4 is 5.32 Å². The molecular formula is C9H8N4O2S. The van der Waals surface area contributed by atoms with Crippen LogP contribution in [0.25, 0.3) is 0 Å². The van der Waals surface area contributed by atoms with E-state index in [-0.39, 0.29) is 5.69 Å². The number of hydrogen-bond acceptors (Lipinski definition) is 6. The number of carboxylic acid groups (broad SMARTS) is 1. The van der Waals surface area contributed by atoms with Crippen molar-refractivity contribution in [1.29, 1.82) is 0 Å². The van der Waals surface area contributed by atoms with Gasteiger partial charge < -0.3 is 10.4 Å². The Morgan fingerprint density at radius 2 is 2.25 bits per heavy atom. The molecule has 0 aliphatic heterocycles. The molecule has 2 aromatic rings. The molecule has 2 heterocycles. The Morgan fingerprint density at radius 3 is 2.81 bits per heavy atom. The molecular weight excluding hydrogens is 228 g/mol. The Hall–Kier alpha value is -2.02. The maximum Gasteiger partial charge on any atom is 0.356 e. The van der Waals surface area contributed by atoms with Gasteiger partial charge in [-0.25, -0.2) is 19.7 Å². The number of thiazole rings is 1. The fourth-order valence-corrected chi connectivity index (χ4v) is 1.59. The van der Waals surface area contributed by atoms with Gasteiger partial charge in [-0.15, -0.1) is 11.3 Å². The molecule has 0 fully saturated rings. The Morgan fingerprint density at radius 1 is 1.38 bits per heavy atom. The lowest BCUT2D eigenvalue weighted by Crippen LogP contribution is -2.05. The maximum atomic E-state index is 10.5. The molecule has 82 valence electrons. The van der Waals surface area contributed by atoms with Crippen LogP contribution in [0.4, 0.5) is 5.82 Å². The van der Waals surface area contributed by atoms with Gasteiger partial charge in [-0.2, -0.15) is 0 Å². The van der Waals surface area contributed by atoms with E-state index >= 15 is 0 Å². The standard InChI is InChI=1S/C9H8N4O2S/c14-9(15)6-3-12-7(4-11-6)13-5-8-10-1-2-16-8/h1-4H,5H2,(H,12,13)(H,14,15). The number of nitrogens with one attached hydrogen (secondary N) is 1. The van der Waals surface area contributed by atoms with E-state index in [0.717, 1.165) is 5.01 Å². The summed E-state index contributed by atoms with van der Waals surface area (Å²) in [4.78, 5) is 22.3. The van der Waals surface area contributed by atoms with Gasteiger partial charge >= 0.3 is 5.97 Å². The summed E-state index contributed by atoms with van der Waals surface area (Å²) in [5.41, 5.74) is -0.0696. The molecule has 6 nitrogen and oxygen atoms in total. The molecule has 0 bridgehead atoms. The van der Waals surface area contributed by atoms with Gasteiger partial charge in [0.2, 0.25) is 0 Å². The fourth-order valence-electron chi connectivity index (χ4n) is 1.04. The highest BCUT2D eigenvalue weighted by Gasteiger charge is 2.04. The second-order valence-corrected chi connectivity index (χ2v) is 3.85. The van der Waals surface area contributed by atoms with Crippen molar-refractivity contribution in [1.82, 2.24) is 15.0 Å². The summed E-state index contributed by atoms with van der Waals surface area (Å²) in [6.07, 6.45) is 4.32. The molecule has 0 radical (unpaired) electrons. The van der Waals surface area contributed by atoms with Crippen LogP contribution in [-0.4, -0.2) is 26.0 Å². The van der Waals surface area contributed by atoms with Gasteiger partial charge in [0.1, 0.15) is 10.8 Å². The fraction of sp³-hybridized carbons (Fsp3) is 0.111. The molecule has 0 atom stereocenters. The first-order chi connectivity index (χ1) is 7.75. The summed E-state index contributed by atoms with van der Waals surface area (Å²) < 4.78 is 0. The zero-order valence-electron chi connectivity index (χ0n) is 8.12. The summed E-state index contributed by atoms with van der Waals surface area (Å²) >= 11 is 1.53. The van der Waals surface area contributed by atoms with Crippen LogP contribution in [0.1, 0.15) is 15.5 Å². The lowest BCUT2D eigenvalue weighted by molar-refractivity contribution is 0.0690. The summed E-state index contributed by atoms with van der Waals surface area (Å²) in [6.45, 7) is 0.554. The molecule has 2 rings (SSSR count). The number of rotatable bonds is 4.